The quantitative estimate of drug-likeness (QED) is 0.617. The van der Waals surface area contributed by atoms with E-state index in [1.807, 2.05) is 31.2 Å². The molecule has 3 rings (SSSR count). The van der Waals surface area contributed by atoms with Crippen LogP contribution < -0.4 is 14.8 Å². The second kappa shape index (κ2) is 10.8. The summed E-state index contributed by atoms with van der Waals surface area (Å²) >= 11 is 0. The minimum atomic E-state index is -3.55. The maximum absolute atomic E-state index is 13.0. The number of ether oxygens (including phenoxy) is 2. The number of methoxy groups -OCH3 is 2. The van der Waals surface area contributed by atoms with Gasteiger partial charge in [0, 0.05) is 25.1 Å². The van der Waals surface area contributed by atoms with Gasteiger partial charge in [0.1, 0.15) is 11.5 Å². The van der Waals surface area contributed by atoms with E-state index < -0.39 is 10.0 Å². The molecule has 0 radical (unpaired) electrons. The molecular formula is C24H32N2O5S. The summed E-state index contributed by atoms with van der Waals surface area (Å²) in [5, 5.41) is 2.99. The minimum Gasteiger partial charge on any atom is -0.496 e. The van der Waals surface area contributed by atoms with Gasteiger partial charge in [0.2, 0.25) is 15.9 Å². The van der Waals surface area contributed by atoms with Crippen LogP contribution in [0.15, 0.2) is 47.4 Å². The second-order valence-corrected chi connectivity index (χ2v) is 9.91. The molecule has 1 fully saturated rings. The summed E-state index contributed by atoms with van der Waals surface area (Å²) in [5.41, 5.74) is 1.60. The number of hydrogen-bond donors (Lipinski definition) is 1. The van der Waals surface area contributed by atoms with E-state index in [4.69, 9.17) is 9.47 Å². The lowest BCUT2D eigenvalue weighted by atomic mass is 10.1. The van der Waals surface area contributed by atoms with Gasteiger partial charge in [-0.3, -0.25) is 4.79 Å². The van der Waals surface area contributed by atoms with Crippen LogP contribution in [0.1, 0.15) is 49.8 Å². The van der Waals surface area contributed by atoms with Gasteiger partial charge in [-0.05, 0) is 56.0 Å². The molecule has 1 saturated heterocycles. The molecule has 0 aliphatic carbocycles. The van der Waals surface area contributed by atoms with Crippen LogP contribution >= 0.6 is 0 Å². The lowest BCUT2D eigenvalue weighted by molar-refractivity contribution is -0.121. The van der Waals surface area contributed by atoms with Crippen molar-refractivity contribution in [2.75, 3.05) is 27.3 Å². The van der Waals surface area contributed by atoms with Crippen molar-refractivity contribution in [3.63, 3.8) is 0 Å². The average Bonchev–Trinajstić information content (AvgIpc) is 2.82. The number of carbonyl (C=O) groups is 1. The van der Waals surface area contributed by atoms with E-state index in [-0.39, 0.29) is 23.3 Å². The van der Waals surface area contributed by atoms with Crippen molar-refractivity contribution in [3.05, 3.63) is 53.6 Å². The van der Waals surface area contributed by atoms with Crippen molar-refractivity contribution < 1.29 is 22.7 Å². The van der Waals surface area contributed by atoms with E-state index in [1.54, 1.807) is 36.7 Å². The average molecular weight is 461 g/mol. The highest BCUT2D eigenvalue weighted by atomic mass is 32.2. The number of carbonyl (C=O) groups excluding carboxylic acids is 1. The van der Waals surface area contributed by atoms with E-state index in [9.17, 15) is 13.2 Å². The molecule has 1 aliphatic heterocycles. The summed E-state index contributed by atoms with van der Waals surface area (Å²) in [4.78, 5) is 12.9. The molecule has 2 aromatic carbocycles. The maximum atomic E-state index is 13.0. The molecule has 0 spiro atoms. The third kappa shape index (κ3) is 5.61. The van der Waals surface area contributed by atoms with Crippen molar-refractivity contribution in [1.82, 2.24) is 9.62 Å². The number of para-hydroxylation sites is 1. The summed E-state index contributed by atoms with van der Waals surface area (Å²) in [6.07, 6.45) is 3.40. The van der Waals surface area contributed by atoms with Gasteiger partial charge in [-0.2, -0.15) is 4.31 Å². The minimum absolute atomic E-state index is 0.130. The first-order valence-electron chi connectivity index (χ1n) is 11.0. The Morgan fingerprint density at radius 3 is 2.41 bits per heavy atom. The van der Waals surface area contributed by atoms with Crippen LogP contribution in [0.25, 0.3) is 0 Å². The number of aryl methyl sites for hydroxylation is 1. The number of benzene rings is 2. The van der Waals surface area contributed by atoms with Crippen molar-refractivity contribution in [1.29, 1.82) is 0 Å². The molecule has 2 aromatic rings. The van der Waals surface area contributed by atoms with Gasteiger partial charge in [0.05, 0.1) is 25.2 Å². The molecule has 1 aliphatic rings. The summed E-state index contributed by atoms with van der Waals surface area (Å²) in [6, 6.07) is 12.2. The number of nitrogens with one attached hydrogen (secondary N) is 1. The molecule has 1 amide bonds. The first kappa shape index (κ1) is 24.1. The first-order chi connectivity index (χ1) is 15.4. The van der Waals surface area contributed by atoms with Crippen molar-refractivity contribution in [3.8, 4) is 11.5 Å². The third-order valence-electron chi connectivity index (χ3n) is 5.81. The molecule has 0 saturated carbocycles. The lowest BCUT2D eigenvalue weighted by Gasteiger charge is -2.26. The Morgan fingerprint density at radius 1 is 1.03 bits per heavy atom. The Balaban J connectivity index is 1.69. The normalized spacial score (nSPS) is 15.7. The molecule has 0 bridgehead atoms. The maximum Gasteiger partial charge on any atom is 0.243 e. The Bertz CT molecular complexity index is 1030. The molecule has 1 N–H and O–H groups in total. The number of hydrogen-bond acceptors (Lipinski definition) is 5. The monoisotopic (exact) mass is 460 g/mol. The number of sulfonamides is 1. The molecule has 174 valence electrons. The number of nitrogens with zero attached hydrogens (tertiary/aromatic N) is 1. The van der Waals surface area contributed by atoms with Crippen LogP contribution in [0.5, 0.6) is 11.5 Å². The van der Waals surface area contributed by atoms with Crippen LogP contribution in [0.2, 0.25) is 0 Å². The van der Waals surface area contributed by atoms with Gasteiger partial charge in [-0.15, -0.1) is 0 Å². The van der Waals surface area contributed by atoms with Crippen LogP contribution in [0.4, 0.5) is 0 Å². The Hall–Kier alpha value is -2.58. The van der Waals surface area contributed by atoms with Gasteiger partial charge < -0.3 is 14.8 Å². The van der Waals surface area contributed by atoms with E-state index in [1.165, 1.54) is 0 Å². The van der Waals surface area contributed by atoms with Crippen LogP contribution in [0.3, 0.4) is 0 Å². The van der Waals surface area contributed by atoms with Gasteiger partial charge in [-0.25, -0.2) is 8.42 Å². The Kier molecular flexibility index (Phi) is 8.15. The van der Waals surface area contributed by atoms with Crippen LogP contribution in [0, 0.1) is 0 Å². The van der Waals surface area contributed by atoms with Gasteiger partial charge in [-0.1, -0.05) is 24.6 Å². The second-order valence-electron chi connectivity index (χ2n) is 7.97. The fourth-order valence-corrected chi connectivity index (χ4v) is 5.60. The molecule has 7 nitrogen and oxygen atoms in total. The zero-order valence-corrected chi connectivity index (χ0v) is 19.8. The molecule has 1 atom stereocenters. The van der Waals surface area contributed by atoms with Crippen molar-refractivity contribution in [2.24, 2.45) is 0 Å². The smallest absolute Gasteiger partial charge is 0.243 e. The predicted molar refractivity (Wildman–Crippen MR) is 123 cm³/mol. The van der Waals surface area contributed by atoms with E-state index in [0.717, 1.165) is 30.6 Å². The zero-order valence-electron chi connectivity index (χ0n) is 19.0. The predicted octanol–water partition coefficient (Wildman–Crippen LogP) is 3.69. The highest BCUT2D eigenvalue weighted by Crippen LogP contribution is 2.28. The summed E-state index contributed by atoms with van der Waals surface area (Å²) < 4.78 is 38.4. The van der Waals surface area contributed by atoms with Gasteiger partial charge in [0.25, 0.3) is 0 Å². The summed E-state index contributed by atoms with van der Waals surface area (Å²) in [6.45, 7) is 3.00. The number of rotatable bonds is 9. The van der Waals surface area contributed by atoms with Crippen LogP contribution in [-0.2, 0) is 21.2 Å². The number of piperidine rings is 1. The molecule has 1 heterocycles. The van der Waals surface area contributed by atoms with Gasteiger partial charge in [0.15, 0.2) is 0 Å². The topological polar surface area (TPSA) is 84.9 Å². The SMILES string of the molecule is COc1ccc(S(=O)(=O)N2CCCCC2)cc1CCC(=O)N[C@H](C)c1ccccc1OC. The van der Waals surface area contributed by atoms with Crippen LogP contribution in [-0.4, -0.2) is 45.9 Å². The fraction of sp³-hybridized carbons (Fsp3) is 0.458. The summed E-state index contributed by atoms with van der Waals surface area (Å²) in [5.74, 6) is 1.17. The lowest BCUT2D eigenvalue weighted by Crippen LogP contribution is -2.35. The highest BCUT2D eigenvalue weighted by molar-refractivity contribution is 7.89. The first-order valence-corrected chi connectivity index (χ1v) is 12.4. The van der Waals surface area contributed by atoms with Crippen molar-refractivity contribution >= 4 is 15.9 Å². The van der Waals surface area contributed by atoms with Crippen molar-refractivity contribution in [2.45, 2.75) is 50.0 Å². The highest BCUT2D eigenvalue weighted by Gasteiger charge is 2.26. The standard InChI is InChI=1S/C24H32N2O5S/c1-18(21-9-5-6-10-23(21)31-3)25-24(27)14-11-19-17-20(12-13-22(19)30-2)32(28,29)26-15-7-4-8-16-26/h5-6,9-10,12-13,17-18H,4,7-8,11,14-16H2,1-3H3,(H,25,27)/t18-/m1/s1. The van der Waals surface area contributed by atoms with E-state index in [0.29, 0.717) is 30.8 Å². The Labute approximate surface area is 190 Å². The fourth-order valence-electron chi connectivity index (χ4n) is 4.03. The molecule has 0 unspecified atom stereocenters. The molecular weight excluding hydrogens is 428 g/mol. The molecule has 0 aromatic heterocycles. The Morgan fingerprint density at radius 2 is 1.72 bits per heavy atom. The summed E-state index contributed by atoms with van der Waals surface area (Å²) in [7, 11) is -0.403. The molecule has 8 heteroatoms. The third-order valence-corrected chi connectivity index (χ3v) is 7.70. The molecule has 32 heavy (non-hydrogen) atoms. The zero-order chi connectivity index (χ0) is 23.1. The van der Waals surface area contributed by atoms with E-state index >= 15 is 0 Å². The number of amides is 1. The van der Waals surface area contributed by atoms with Gasteiger partial charge >= 0.3 is 0 Å². The largest absolute Gasteiger partial charge is 0.496 e. The van der Waals surface area contributed by atoms with E-state index in [2.05, 4.69) is 5.32 Å².